The summed E-state index contributed by atoms with van der Waals surface area (Å²) in [4.78, 5) is 40.8. The van der Waals surface area contributed by atoms with E-state index in [0.717, 1.165) is 12.0 Å². The Morgan fingerprint density at radius 2 is 2.05 bits per heavy atom. The van der Waals surface area contributed by atoms with Crippen LogP contribution in [0.15, 0.2) is 48.2 Å². The van der Waals surface area contributed by atoms with Crippen molar-refractivity contribution in [3.63, 3.8) is 0 Å². The van der Waals surface area contributed by atoms with Crippen LogP contribution in [-0.2, 0) is 22.4 Å². The van der Waals surface area contributed by atoms with Crippen LogP contribution >= 0.6 is 11.6 Å². The van der Waals surface area contributed by atoms with Gasteiger partial charge in [0.05, 0.1) is 22.7 Å². The first-order valence-corrected chi connectivity index (χ1v) is 12.9. The van der Waals surface area contributed by atoms with Crippen LogP contribution in [0.2, 0.25) is 5.02 Å². The number of aldehydes is 1. The third kappa shape index (κ3) is 6.19. The average molecular weight is 524 g/mol. The number of allylic oxidation sites excluding steroid dienone is 4. The van der Waals surface area contributed by atoms with Gasteiger partial charge in [-0.05, 0) is 55.7 Å². The van der Waals surface area contributed by atoms with E-state index in [2.05, 4.69) is 24.9 Å². The summed E-state index contributed by atoms with van der Waals surface area (Å²) in [5, 5.41) is 11.0. The van der Waals surface area contributed by atoms with Crippen LogP contribution in [0.3, 0.4) is 0 Å². The van der Waals surface area contributed by atoms with E-state index >= 15 is 0 Å². The predicted octanol–water partition coefficient (Wildman–Crippen LogP) is 6.40. The molecule has 1 fully saturated rings. The molecule has 3 rings (SSSR count). The van der Waals surface area contributed by atoms with E-state index in [4.69, 9.17) is 16.3 Å². The summed E-state index contributed by atoms with van der Waals surface area (Å²) in [5.41, 5.74) is 1.82. The molecule has 37 heavy (non-hydrogen) atoms. The minimum atomic E-state index is -0.585. The van der Waals surface area contributed by atoms with E-state index in [1.807, 2.05) is 26.0 Å². The van der Waals surface area contributed by atoms with Crippen molar-refractivity contribution in [3.05, 3.63) is 75.6 Å². The van der Waals surface area contributed by atoms with Crippen molar-refractivity contribution in [2.75, 3.05) is 0 Å². The van der Waals surface area contributed by atoms with Crippen LogP contribution in [0, 0.1) is 24.2 Å². The van der Waals surface area contributed by atoms with Gasteiger partial charge >= 0.3 is 5.97 Å². The van der Waals surface area contributed by atoms with Crippen LogP contribution in [0.5, 0.6) is 11.5 Å². The maximum atomic E-state index is 12.7. The first-order chi connectivity index (χ1) is 17.5. The number of phenols is 1. The van der Waals surface area contributed by atoms with E-state index < -0.39 is 5.97 Å². The van der Waals surface area contributed by atoms with Gasteiger partial charge < -0.3 is 9.84 Å². The average Bonchev–Trinajstić information content (AvgIpc) is 2.88. The maximum absolute atomic E-state index is 12.7. The molecule has 7 heteroatoms. The van der Waals surface area contributed by atoms with Crippen molar-refractivity contribution in [2.24, 2.45) is 17.3 Å². The molecule has 0 bridgehead atoms. The fraction of sp³-hybridized carbons (Fsp3) is 0.400. The van der Waals surface area contributed by atoms with Gasteiger partial charge in [0, 0.05) is 24.1 Å². The fourth-order valence-corrected chi connectivity index (χ4v) is 4.97. The third-order valence-corrected chi connectivity index (χ3v) is 8.22. The minimum absolute atomic E-state index is 0.0308. The molecule has 1 aliphatic carbocycles. The Morgan fingerprint density at radius 3 is 2.70 bits per heavy atom. The topological polar surface area (TPSA) is 93.6 Å². The highest BCUT2D eigenvalue weighted by Gasteiger charge is 2.41. The molecule has 1 aromatic carbocycles. The second kappa shape index (κ2) is 11.9. The van der Waals surface area contributed by atoms with Gasteiger partial charge in [0.25, 0.3) is 0 Å². The van der Waals surface area contributed by atoms with Crippen molar-refractivity contribution >= 4 is 29.6 Å². The molecule has 0 radical (unpaired) electrons. The maximum Gasteiger partial charge on any atom is 0.317 e. The molecule has 1 heterocycles. The van der Waals surface area contributed by atoms with Gasteiger partial charge in [0.1, 0.15) is 11.5 Å². The number of ketones is 1. The number of Topliss-reactive ketones (excluding diaryl/α,β-unsaturated/α-hetero) is 1. The molecule has 0 unspecified atom stereocenters. The summed E-state index contributed by atoms with van der Waals surface area (Å²) in [5.74, 6) is -0.242. The molecular weight excluding hydrogens is 490 g/mol. The summed E-state index contributed by atoms with van der Waals surface area (Å²) in [6.45, 7) is 9.78. The number of carbonyl (C=O) groups excluding carboxylic acids is 3. The SMILES string of the molecule is CC(/C=C/[C@@]1(C)[C@H](C)CCC(=O)[C@@H]1C)=C\Cc1c(O)c(C=O)c(C)c(Cl)c1OC(=O)Cc1ccccn1. The quantitative estimate of drug-likeness (QED) is 0.186. The fourth-order valence-electron chi connectivity index (χ4n) is 4.72. The minimum Gasteiger partial charge on any atom is -0.507 e. The van der Waals surface area contributed by atoms with Gasteiger partial charge in [-0.1, -0.05) is 62.2 Å². The van der Waals surface area contributed by atoms with Crippen molar-refractivity contribution < 1.29 is 24.2 Å². The highest BCUT2D eigenvalue weighted by atomic mass is 35.5. The standard InChI is InChI=1S/C30H34ClNO5/c1-18(13-14-30(5)19(2)10-12-25(34)21(30)4)9-11-23-28(36)24(17-33)20(3)27(31)29(23)37-26(35)16-22-8-6-7-15-32-22/h6-9,13-15,17,19,21,36H,10-12,16H2,1-5H3/b14-13+,18-9+/t19-,21+,30+/m1/s1. The lowest BCUT2D eigenvalue weighted by molar-refractivity contribution is -0.133. The van der Waals surface area contributed by atoms with Crippen LogP contribution in [0.1, 0.15) is 67.7 Å². The Labute approximate surface area is 223 Å². The number of nitrogens with zero attached hydrogens (tertiary/aromatic N) is 1. The largest absolute Gasteiger partial charge is 0.507 e. The number of carbonyl (C=O) groups is 3. The number of pyridine rings is 1. The highest BCUT2D eigenvalue weighted by molar-refractivity contribution is 6.33. The first kappa shape index (κ1) is 28.3. The van der Waals surface area contributed by atoms with Crippen molar-refractivity contribution in [1.82, 2.24) is 4.98 Å². The smallest absolute Gasteiger partial charge is 0.317 e. The van der Waals surface area contributed by atoms with E-state index in [-0.39, 0.29) is 57.6 Å². The van der Waals surface area contributed by atoms with Gasteiger partial charge in [0.2, 0.25) is 0 Å². The molecule has 0 saturated heterocycles. The normalized spacial score (nSPS) is 22.3. The number of esters is 1. The third-order valence-electron chi connectivity index (χ3n) is 7.77. The van der Waals surface area contributed by atoms with Gasteiger partial charge in [-0.3, -0.25) is 19.4 Å². The van der Waals surface area contributed by atoms with Crippen LogP contribution in [0.25, 0.3) is 0 Å². The molecule has 196 valence electrons. The first-order valence-electron chi connectivity index (χ1n) is 12.5. The number of aromatic hydroxyl groups is 1. The number of hydrogen-bond donors (Lipinski definition) is 1. The molecule has 1 saturated carbocycles. The second-order valence-electron chi connectivity index (χ2n) is 10.1. The second-order valence-corrected chi connectivity index (χ2v) is 10.5. The Hall–Kier alpha value is -3.25. The molecule has 0 spiro atoms. The van der Waals surface area contributed by atoms with E-state index in [1.54, 1.807) is 31.3 Å². The van der Waals surface area contributed by atoms with Crippen LogP contribution in [-0.4, -0.2) is 28.1 Å². The number of aromatic nitrogens is 1. The van der Waals surface area contributed by atoms with Gasteiger partial charge in [-0.25, -0.2) is 0 Å². The number of benzene rings is 1. The van der Waals surface area contributed by atoms with E-state index in [1.165, 1.54) is 0 Å². The van der Waals surface area contributed by atoms with Crippen molar-refractivity contribution in [1.29, 1.82) is 0 Å². The molecule has 6 nitrogen and oxygen atoms in total. The number of ether oxygens (including phenoxy) is 1. The molecule has 1 aromatic heterocycles. The molecule has 3 atom stereocenters. The predicted molar refractivity (Wildman–Crippen MR) is 144 cm³/mol. The number of halogens is 1. The molecule has 2 aromatic rings. The zero-order chi connectivity index (χ0) is 27.3. The molecule has 0 amide bonds. The summed E-state index contributed by atoms with van der Waals surface area (Å²) >= 11 is 6.51. The lowest BCUT2D eigenvalue weighted by Crippen LogP contribution is -2.40. The van der Waals surface area contributed by atoms with Crippen molar-refractivity contribution in [3.8, 4) is 11.5 Å². The molecule has 1 aliphatic rings. The monoisotopic (exact) mass is 523 g/mol. The zero-order valence-corrected chi connectivity index (χ0v) is 22.8. The summed E-state index contributed by atoms with van der Waals surface area (Å²) in [7, 11) is 0. The lowest BCUT2D eigenvalue weighted by atomic mass is 9.61. The van der Waals surface area contributed by atoms with Gasteiger partial charge in [-0.15, -0.1) is 0 Å². The number of hydrogen-bond acceptors (Lipinski definition) is 6. The number of phenolic OH excluding ortho intramolecular Hbond substituents is 1. The Morgan fingerprint density at radius 1 is 1.32 bits per heavy atom. The molecule has 0 aliphatic heterocycles. The van der Waals surface area contributed by atoms with Crippen LogP contribution in [0.4, 0.5) is 0 Å². The Balaban J connectivity index is 1.90. The van der Waals surface area contributed by atoms with Gasteiger partial charge in [0.15, 0.2) is 12.0 Å². The zero-order valence-electron chi connectivity index (χ0n) is 22.0. The molecule has 1 N–H and O–H groups in total. The summed E-state index contributed by atoms with van der Waals surface area (Å²) in [6, 6.07) is 5.23. The van der Waals surface area contributed by atoms with E-state index in [9.17, 15) is 19.5 Å². The molecular formula is C30H34ClNO5. The summed E-state index contributed by atoms with van der Waals surface area (Å²) < 4.78 is 5.61. The van der Waals surface area contributed by atoms with Gasteiger partial charge in [-0.2, -0.15) is 0 Å². The van der Waals surface area contributed by atoms with E-state index in [0.29, 0.717) is 29.9 Å². The Bertz CT molecular complexity index is 1250. The van der Waals surface area contributed by atoms with Crippen molar-refractivity contribution in [2.45, 2.75) is 60.3 Å². The summed E-state index contributed by atoms with van der Waals surface area (Å²) in [6.07, 6.45) is 9.66. The Kier molecular flexibility index (Phi) is 9.08. The lowest BCUT2D eigenvalue weighted by Gasteiger charge is -2.42. The number of rotatable bonds is 8. The van der Waals surface area contributed by atoms with Crippen LogP contribution < -0.4 is 4.74 Å². The highest BCUT2D eigenvalue weighted by Crippen LogP contribution is 2.45.